The third-order valence-corrected chi connectivity index (χ3v) is 3.87. The first-order valence-corrected chi connectivity index (χ1v) is 6.82. The number of fused-ring (bicyclic) bond motifs is 2. The second-order valence-corrected chi connectivity index (χ2v) is 5.45. The Hall–Kier alpha value is -2.34. The molecule has 6 heteroatoms. The molecule has 0 bridgehead atoms. The molecule has 106 valence electrons. The summed E-state index contributed by atoms with van der Waals surface area (Å²) in [6, 6.07) is 6.09. The molecule has 1 aromatic heterocycles. The Balaban J connectivity index is 2.62. The standard InChI is InChI=1S/C15H9BrO5/c1-6(17)11-9(18)5-10-12(14(11)20)13(19)7-3-2-4-8(16)15(7)21-10/h2-5,18,20H,1H3. The van der Waals surface area contributed by atoms with E-state index >= 15 is 0 Å². The molecule has 0 aliphatic carbocycles. The maximum Gasteiger partial charge on any atom is 0.204 e. The van der Waals surface area contributed by atoms with Crippen LogP contribution in [0.5, 0.6) is 11.5 Å². The number of benzene rings is 2. The fourth-order valence-electron chi connectivity index (χ4n) is 2.31. The second-order valence-electron chi connectivity index (χ2n) is 4.60. The molecule has 0 atom stereocenters. The average molecular weight is 349 g/mol. The van der Waals surface area contributed by atoms with Gasteiger partial charge in [-0.2, -0.15) is 0 Å². The molecule has 2 aromatic carbocycles. The molecule has 0 aliphatic heterocycles. The minimum Gasteiger partial charge on any atom is -0.507 e. The van der Waals surface area contributed by atoms with E-state index in [2.05, 4.69) is 15.9 Å². The van der Waals surface area contributed by atoms with E-state index in [4.69, 9.17) is 4.42 Å². The lowest BCUT2D eigenvalue weighted by molar-refractivity contribution is 0.101. The Labute approximate surface area is 126 Å². The van der Waals surface area contributed by atoms with Gasteiger partial charge in [-0.05, 0) is 35.0 Å². The van der Waals surface area contributed by atoms with Gasteiger partial charge in [-0.3, -0.25) is 9.59 Å². The van der Waals surface area contributed by atoms with E-state index in [9.17, 15) is 19.8 Å². The van der Waals surface area contributed by atoms with Crippen molar-refractivity contribution < 1.29 is 19.4 Å². The van der Waals surface area contributed by atoms with Crippen molar-refractivity contribution in [3.05, 3.63) is 44.5 Å². The number of Topliss-reactive ketones (excluding diaryl/α,β-unsaturated/α-hetero) is 1. The molecule has 5 nitrogen and oxygen atoms in total. The third kappa shape index (κ3) is 1.91. The summed E-state index contributed by atoms with van der Waals surface area (Å²) in [6.45, 7) is 1.19. The molecular formula is C15H9BrO5. The van der Waals surface area contributed by atoms with Crippen LogP contribution < -0.4 is 5.43 Å². The minimum atomic E-state index is -0.562. The second kappa shape index (κ2) is 4.60. The number of phenols is 2. The highest BCUT2D eigenvalue weighted by molar-refractivity contribution is 9.10. The lowest BCUT2D eigenvalue weighted by Gasteiger charge is -2.08. The Morgan fingerprint density at radius 2 is 2.00 bits per heavy atom. The summed E-state index contributed by atoms with van der Waals surface area (Å²) >= 11 is 3.28. The van der Waals surface area contributed by atoms with Crippen molar-refractivity contribution in [1.82, 2.24) is 0 Å². The zero-order valence-electron chi connectivity index (χ0n) is 10.8. The zero-order chi connectivity index (χ0) is 15.3. The number of phenolic OH excluding ortho intramolecular Hbond substituents is 2. The molecular weight excluding hydrogens is 340 g/mol. The van der Waals surface area contributed by atoms with E-state index in [0.29, 0.717) is 10.1 Å². The van der Waals surface area contributed by atoms with Gasteiger partial charge >= 0.3 is 0 Å². The largest absolute Gasteiger partial charge is 0.507 e. The van der Waals surface area contributed by atoms with Gasteiger partial charge in [0.15, 0.2) is 11.4 Å². The SMILES string of the molecule is CC(=O)c1c(O)cc2oc3c(Br)cccc3c(=O)c2c1O. The summed E-state index contributed by atoms with van der Waals surface area (Å²) < 4.78 is 6.15. The van der Waals surface area contributed by atoms with Crippen molar-refractivity contribution in [3.63, 3.8) is 0 Å². The van der Waals surface area contributed by atoms with Crippen LogP contribution in [-0.2, 0) is 0 Å². The van der Waals surface area contributed by atoms with Gasteiger partial charge in [0.25, 0.3) is 0 Å². The minimum absolute atomic E-state index is 0.0133. The van der Waals surface area contributed by atoms with E-state index in [-0.39, 0.29) is 21.9 Å². The highest BCUT2D eigenvalue weighted by Crippen LogP contribution is 2.36. The molecule has 0 unspecified atom stereocenters. The average Bonchev–Trinajstić information content (AvgIpc) is 2.39. The lowest BCUT2D eigenvalue weighted by Crippen LogP contribution is -2.05. The summed E-state index contributed by atoms with van der Waals surface area (Å²) in [6.07, 6.45) is 0. The van der Waals surface area contributed by atoms with Crippen LogP contribution in [0.15, 0.2) is 37.9 Å². The molecule has 0 saturated heterocycles. The van der Waals surface area contributed by atoms with Crippen molar-refractivity contribution in [2.45, 2.75) is 6.92 Å². The third-order valence-electron chi connectivity index (χ3n) is 3.25. The van der Waals surface area contributed by atoms with Crippen LogP contribution in [0.25, 0.3) is 21.9 Å². The first-order valence-electron chi connectivity index (χ1n) is 6.02. The monoisotopic (exact) mass is 348 g/mol. The number of carbonyl (C=O) groups excluding carboxylic acids is 1. The van der Waals surface area contributed by atoms with Crippen molar-refractivity contribution in [2.24, 2.45) is 0 Å². The van der Waals surface area contributed by atoms with E-state index < -0.39 is 22.7 Å². The molecule has 1 heterocycles. The van der Waals surface area contributed by atoms with Crippen molar-refractivity contribution in [2.75, 3.05) is 0 Å². The van der Waals surface area contributed by atoms with Crippen LogP contribution in [-0.4, -0.2) is 16.0 Å². The predicted octanol–water partition coefficient (Wildman–Crippen LogP) is 3.32. The van der Waals surface area contributed by atoms with E-state index in [0.717, 1.165) is 6.07 Å². The molecule has 0 aliphatic rings. The van der Waals surface area contributed by atoms with Gasteiger partial charge in [-0.15, -0.1) is 0 Å². The Morgan fingerprint density at radius 1 is 1.29 bits per heavy atom. The topological polar surface area (TPSA) is 87.7 Å². The van der Waals surface area contributed by atoms with Crippen LogP contribution in [0.2, 0.25) is 0 Å². The summed E-state index contributed by atoms with van der Waals surface area (Å²) in [4.78, 5) is 24.0. The number of rotatable bonds is 1. The zero-order valence-corrected chi connectivity index (χ0v) is 12.4. The van der Waals surface area contributed by atoms with E-state index in [1.54, 1.807) is 18.2 Å². The number of para-hydroxylation sites is 1. The predicted molar refractivity (Wildman–Crippen MR) is 81.0 cm³/mol. The van der Waals surface area contributed by atoms with Gasteiger partial charge in [-0.1, -0.05) is 6.07 Å². The molecule has 3 aromatic rings. The number of aromatic hydroxyl groups is 2. The first kappa shape index (κ1) is 13.6. The summed E-state index contributed by atoms with van der Waals surface area (Å²) in [7, 11) is 0. The van der Waals surface area contributed by atoms with Crippen molar-refractivity contribution in [1.29, 1.82) is 0 Å². The maximum atomic E-state index is 12.5. The maximum absolute atomic E-state index is 12.5. The van der Waals surface area contributed by atoms with Gasteiger partial charge in [0.1, 0.15) is 28.0 Å². The fraction of sp³-hybridized carbons (Fsp3) is 0.0667. The molecule has 0 radical (unpaired) electrons. The number of hydrogen-bond donors (Lipinski definition) is 2. The highest BCUT2D eigenvalue weighted by Gasteiger charge is 2.21. The number of ketones is 1. The quantitative estimate of drug-likeness (QED) is 0.520. The number of halogens is 1. The van der Waals surface area contributed by atoms with Gasteiger partial charge in [0.05, 0.1) is 9.86 Å². The number of carbonyl (C=O) groups is 1. The van der Waals surface area contributed by atoms with Crippen LogP contribution in [0.1, 0.15) is 17.3 Å². The normalized spacial score (nSPS) is 11.1. The lowest BCUT2D eigenvalue weighted by atomic mass is 10.0. The van der Waals surface area contributed by atoms with Crippen LogP contribution in [0.4, 0.5) is 0 Å². The molecule has 0 fully saturated rings. The Morgan fingerprint density at radius 3 is 2.67 bits per heavy atom. The number of hydrogen-bond acceptors (Lipinski definition) is 5. The first-order chi connectivity index (χ1) is 9.91. The highest BCUT2D eigenvalue weighted by atomic mass is 79.9. The van der Waals surface area contributed by atoms with E-state index in [1.807, 2.05) is 0 Å². The Kier molecular flexibility index (Phi) is 2.98. The van der Waals surface area contributed by atoms with Crippen LogP contribution in [0, 0.1) is 0 Å². The van der Waals surface area contributed by atoms with Crippen molar-refractivity contribution in [3.8, 4) is 11.5 Å². The van der Waals surface area contributed by atoms with E-state index in [1.165, 1.54) is 6.92 Å². The molecule has 2 N–H and O–H groups in total. The van der Waals surface area contributed by atoms with Gasteiger partial charge in [0.2, 0.25) is 5.43 Å². The molecule has 0 saturated carbocycles. The molecule has 0 spiro atoms. The van der Waals surface area contributed by atoms with Crippen LogP contribution in [0.3, 0.4) is 0 Å². The fourth-order valence-corrected chi connectivity index (χ4v) is 2.76. The van der Waals surface area contributed by atoms with Gasteiger partial charge in [0, 0.05) is 6.07 Å². The molecule has 21 heavy (non-hydrogen) atoms. The van der Waals surface area contributed by atoms with Gasteiger partial charge in [-0.25, -0.2) is 0 Å². The summed E-state index contributed by atoms with van der Waals surface area (Å²) in [5, 5.41) is 20.1. The smallest absolute Gasteiger partial charge is 0.204 e. The molecule has 3 rings (SSSR count). The van der Waals surface area contributed by atoms with Crippen molar-refractivity contribution >= 4 is 43.7 Å². The summed E-state index contributed by atoms with van der Waals surface area (Å²) in [5.41, 5.74) is -0.430. The summed E-state index contributed by atoms with van der Waals surface area (Å²) in [5.74, 6) is -1.53. The van der Waals surface area contributed by atoms with Crippen LogP contribution >= 0.6 is 15.9 Å². The van der Waals surface area contributed by atoms with Gasteiger partial charge < -0.3 is 14.6 Å². The molecule has 0 amide bonds. The Bertz CT molecular complexity index is 971.